The fraction of sp³-hybridized carbons (Fsp3) is 0.467. The van der Waals surface area contributed by atoms with Crippen molar-refractivity contribution >= 4 is 34.5 Å². The zero-order valence-corrected chi connectivity index (χ0v) is 14.1. The molecule has 5 heteroatoms. The lowest BCUT2D eigenvalue weighted by Crippen LogP contribution is -2.34. The number of carbonyl (C=O) groups excluding carboxylic acids is 1. The van der Waals surface area contributed by atoms with E-state index in [4.69, 9.17) is 5.11 Å². The highest BCUT2D eigenvalue weighted by Crippen LogP contribution is 2.17. The van der Waals surface area contributed by atoms with Gasteiger partial charge in [-0.05, 0) is 53.5 Å². The Morgan fingerprint density at radius 2 is 2.00 bits per heavy atom. The van der Waals surface area contributed by atoms with Gasteiger partial charge in [0.05, 0.1) is 11.5 Å². The largest absolute Gasteiger partial charge is 0.481 e. The van der Waals surface area contributed by atoms with Crippen molar-refractivity contribution in [1.82, 2.24) is 5.32 Å². The van der Waals surface area contributed by atoms with Crippen LogP contribution in [0.2, 0.25) is 0 Å². The standard InChI is InChI=1S/C15H20INO3/c1-9(2)7-11(15(19)20)8-17-14(18)12-6-4-5-10(3)13(12)16/h4-6,9,11H,7-8H2,1-3H3,(H,17,18)(H,19,20). The van der Waals surface area contributed by atoms with Gasteiger partial charge in [-0.25, -0.2) is 0 Å². The number of carbonyl (C=O) groups is 2. The van der Waals surface area contributed by atoms with Crippen LogP contribution in [-0.2, 0) is 4.79 Å². The maximum atomic E-state index is 12.1. The van der Waals surface area contributed by atoms with Crippen molar-refractivity contribution in [2.24, 2.45) is 11.8 Å². The summed E-state index contributed by atoms with van der Waals surface area (Å²) in [6, 6.07) is 5.52. The van der Waals surface area contributed by atoms with Gasteiger partial charge in [-0.1, -0.05) is 26.0 Å². The highest BCUT2D eigenvalue weighted by Gasteiger charge is 2.20. The van der Waals surface area contributed by atoms with Crippen LogP contribution in [0.1, 0.15) is 36.2 Å². The molecule has 1 amide bonds. The normalized spacial score (nSPS) is 12.2. The van der Waals surface area contributed by atoms with Crippen LogP contribution in [0.5, 0.6) is 0 Å². The van der Waals surface area contributed by atoms with Gasteiger partial charge in [0, 0.05) is 10.1 Å². The molecule has 0 aliphatic rings. The summed E-state index contributed by atoms with van der Waals surface area (Å²) in [7, 11) is 0. The van der Waals surface area contributed by atoms with Crippen molar-refractivity contribution in [2.45, 2.75) is 27.2 Å². The number of aliphatic carboxylic acids is 1. The molecule has 0 aliphatic carbocycles. The van der Waals surface area contributed by atoms with E-state index >= 15 is 0 Å². The SMILES string of the molecule is Cc1cccc(C(=O)NCC(CC(C)C)C(=O)O)c1I. The number of amides is 1. The second kappa shape index (κ2) is 7.61. The molecule has 110 valence electrons. The molecule has 4 nitrogen and oxygen atoms in total. The van der Waals surface area contributed by atoms with E-state index in [0.717, 1.165) is 9.13 Å². The highest BCUT2D eigenvalue weighted by atomic mass is 127. The number of hydrogen-bond acceptors (Lipinski definition) is 2. The predicted molar refractivity (Wildman–Crippen MR) is 86.8 cm³/mol. The summed E-state index contributed by atoms with van der Waals surface area (Å²) in [5.74, 6) is -1.33. The molecule has 1 aromatic carbocycles. The van der Waals surface area contributed by atoms with Crippen LogP contribution in [0.3, 0.4) is 0 Å². The molecule has 0 aromatic heterocycles. The first-order chi connectivity index (χ1) is 9.32. The molecule has 0 saturated carbocycles. The zero-order valence-electron chi connectivity index (χ0n) is 11.9. The van der Waals surface area contributed by atoms with Gasteiger partial charge >= 0.3 is 5.97 Å². The van der Waals surface area contributed by atoms with Gasteiger partial charge in [-0.2, -0.15) is 0 Å². The van der Waals surface area contributed by atoms with E-state index in [0.29, 0.717) is 12.0 Å². The first kappa shape index (κ1) is 16.9. The molecule has 0 radical (unpaired) electrons. The van der Waals surface area contributed by atoms with E-state index in [1.807, 2.05) is 32.9 Å². The van der Waals surface area contributed by atoms with Crippen molar-refractivity contribution in [3.8, 4) is 0 Å². The minimum atomic E-state index is -0.863. The second-order valence-electron chi connectivity index (χ2n) is 5.31. The van der Waals surface area contributed by atoms with Gasteiger partial charge in [0.1, 0.15) is 0 Å². The van der Waals surface area contributed by atoms with Crippen LogP contribution in [-0.4, -0.2) is 23.5 Å². The Morgan fingerprint density at radius 3 is 2.55 bits per heavy atom. The maximum Gasteiger partial charge on any atom is 0.308 e. The van der Waals surface area contributed by atoms with Crippen molar-refractivity contribution < 1.29 is 14.7 Å². The molecule has 0 spiro atoms. The molecule has 1 rings (SSSR count). The molecule has 0 aliphatic heterocycles. The van der Waals surface area contributed by atoms with E-state index in [1.165, 1.54) is 0 Å². The smallest absolute Gasteiger partial charge is 0.308 e. The molecule has 0 fully saturated rings. The average Bonchev–Trinajstić information content (AvgIpc) is 2.36. The summed E-state index contributed by atoms with van der Waals surface area (Å²) < 4.78 is 0.901. The van der Waals surface area contributed by atoms with E-state index in [-0.39, 0.29) is 18.4 Å². The van der Waals surface area contributed by atoms with Crippen LogP contribution in [0.4, 0.5) is 0 Å². The number of halogens is 1. The quantitative estimate of drug-likeness (QED) is 0.735. The number of carboxylic acids is 1. The summed E-state index contributed by atoms with van der Waals surface area (Å²) in [6.45, 7) is 6.05. The first-order valence-electron chi connectivity index (χ1n) is 6.59. The number of carboxylic acid groups (broad SMARTS) is 1. The topological polar surface area (TPSA) is 66.4 Å². The Kier molecular flexibility index (Phi) is 6.45. The number of nitrogens with one attached hydrogen (secondary N) is 1. The van der Waals surface area contributed by atoms with Crippen molar-refractivity contribution in [2.75, 3.05) is 6.54 Å². The monoisotopic (exact) mass is 389 g/mol. The third-order valence-electron chi connectivity index (χ3n) is 3.05. The molecule has 1 atom stereocenters. The minimum absolute atomic E-state index is 0.163. The molecule has 0 heterocycles. The van der Waals surface area contributed by atoms with Crippen LogP contribution < -0.4 is 5.32 Å². The van der Waals surface area contributed by atoms with Crippen LogP contribution in [0, 0.1) is 22.3 Å². The van der Waals surface area contributed by atoms with Crippen LogP contribution in [0.25, 0.3) is 0 Å². The zero-order chi connectivity index (χ0) is 15.3. The Hall–Kier alpha value is -1.11. The summed E-state index contributed by atoms with van der Waals surface area (Å²) in [4.78, 5) is 23.3. The number of rotatable bonds is 6. The van der Waals surface area contributed by atoms with E-state index in [9.17, 15) is 9.59 Å². The van der Waals surface area contributed by atoms with Crippen LogP contribution >= 0.6 is 22.6 Å². The molecule has 0 saturated heterocycles. The second-order valence-corrected chi connectivity index (χ2v) is 6.39. The van der Waals surface area contributed by atoms with Crippen molar-refractivity contribution in [1.29, 1.82) is 0 Å². The van der Waals surface area contributed by atoms with Gasteiger partial charge in [0.2, 0.25) is 0 Å². The Morgan fingerprint density at radius 1 is 1.35 bits per heavy atom. The number of benzene rings is 1. The predicted octanol–water partition coefficient (Wildman–Crippen LogP) is 3.08. The maximum absolute atomic E-state index is 12.1. The van der Waals surface area contributed by atoms with Gasteiger partial charge in [0.25, 0.3) is 5.91 Å². The lowest BCUT2D eigenvalue weighted by Gasteiger charge is -2.16. The molecule has 1 aromatic rings. The average molecular weight is 389 g/mol. The third kappa shape index (κ3) is 4.77. The summed E-state index contributed by atoms with van der Waals surface area (Å²) >= 11 is 2.13. The molecular formula is C15H20INO3. The third-order valence-corrected chi connectivity index (χ3v) is 4.48. The van der Waals surface area contributed by atoms with E-state index in [2.05, 4.69) is 27.9 Å². The molecule has 1 unspecified atom stereocenters. The number of hydrogen-bond donors (Lipinski definition) is 2. The fourth-order valence-electron chi connectivity index (χ4n) is 1.97. The minimum Gasteiger partial charge on any atom is -0.481 e. The summed E-state index contributed by atoms with van der Waals surface area (Å²) in [5, 5.41) is 11.9. The van der Waals surface area contributed by atoms with Crippen molar-refractivity contribution in [3.63, 3.8) is 0 Å². The Labute approximate surface area is 133 Å². The fourth-order valence-corrected chi connectivity index (χ4v) is 2.58. The number of aryl methyl sites for hydroxylation is 1. The van der Waals surface area contributed by atoms with Gasteiger partial charge in [-0.3, -0.25) is 9.59 Å². The highest BCUT2D eigenvalue weighted by molar-refractivity contribution is 14.1. The first-order valence-corrected chi connectivity index (χ1v) is 7.67. The van der Waals surface area contributed by atoms with Crippen molar-refractivity contribution in [3.05, 3.63) is 32.9 Å². The van der Waals surface area contributed by atoms with E-state index in [1.54, 1.807) is 6.07 Å². The molecule has 20 heavy (non-hydrogen) atoms. The van der Waals surface area contributed by atoms with Gasteiger partial charge < -0.3 is 10.4 Å². The Bertz CT molecular complexity index is 500. The van der Waals surface area contributed by atoms with Crippen LogP contribution in [0.15, 0.2) is 18.2 Å². The summed E-state index contributed by atoms with van der Waals surface area (Å²) in [5.41, 5.74) is 1.63. The van der Waals surface area contributed by atoms with Gasteiger partial charge in [0.15, 0.2) is 0 Å². The molecular weight excluding hydrogens is 369 g/mol. The lowest BCUT2D eigenvalue weighted by molar-refractivity contribution is -0.142. The van der Waals surface area contributed by atoms with Gasteiger partial charge in [-0.15, -0.1) is 0 Å². The lowest BCUT2D eigenvalue weighted by atomic mass is 9.97. The molecule has 2 N–H and O–H groups in total. The molecule has 0 bridgehead atoms. The Balaban J connectivity index is 2.70. The summed E-state index contributed by atoms with van der Waals surface area (Å²) in [6.07, 6.45) is 0.556. The van der Waals surface area contributed by atoms with E-state index < -0.39 is 11.9 Å².